The molecule has 0 bridgehead atoms. The van der Waals surface area contributed by atoms with E-state index >= 15 is 0 Å². The van der Waals surface area contributed by atoms with Crippen LogP contribution in [0.1, 0.15) is 5.69 Å². The van der Waals surface area contributed by atoms with Crippen LogP contribution in [0.25, 0.3) is 11.3 Å². The van der Waals surface area contributed by atoms with Gasteiger partial charge in [0.1, 0.15) is 23.4 Å². The molecule has 0 radical (unpaired) electrons. The molecule has 17 heavy (non-hydrogen) atoms. The predicted octanol–water partition coefficient (Wildman–Crippen LogP) is 2.50. The average molecular weight is 293 g/mol. The van der Waals surface area contributed by atoms with Crippen LogP contribution in [0.15, 0.2) is 28.9 Å². The van der Waals surface area contributed by atoms with E-state index < -0.39 is 5.82 Å². The van der Waals surface area contributed by atoms with Crippen molar-refractivity contribution >= 4 is 21.7 Å². The normalized spacial score (nSPS) is 9.94. The number of benzene rings is 1. The summed E-state index contributed by atoms with van der Waals surface area (Å²) < 4.78 is 14.3. The minimum atomic E-state index is -0.477. The highest BCUT2D eigenvalue weighted by Crippen LogP contribution is 2.25. The standard InChI is InChI=1S/C11H6BrFN4/c12-6-1-2-7(8(13)3-6)11-9(4-14)17-10(15)5-16-11/h1-3,5H,(H2,15,17). The molecule has 0 aliphatic rings. The fourth-order valence-electron chi connectivity index (χ4n) is 1.36. The van der Waals surface area contributed by atoms with E-state index in [1.54, 1.807) is 6.07 Å². The second kappa shape index (κ2) is 4.47. The summed E-state index contributed by atoms with van der Waals surface area (Å²) in [5, 5.41) is 8.91. The van der Waals surface area contributed by atoms with Gasteiger partial charge in [0.15, 0.2) is 5.69 Å². The van der Waals surface area contributed by atoms with Crippen molar-refractivity contribution in [2.75, 3.05) is 5.73 Å². The number of aromatic nitrogens is 2. The van der Waals surface area contributed by atoms with Crippen molar-refractivity contribution in [1.29, 1.82) is 5.26 Å². The Bertz CT molecular complexity index is 621. The number of halogens is 2. The molecular weight excluding hydrogens is 287 g/mol. The zero-order chi connectivity index (χ0) is 12.4. The Morgan fingerprint density at radius 3 is 2.82 bits per heavy atom. The molecule has 4 nitrogen and oxygen atoms in total. The van der Waals surface area contributed by atoms with E-state index in [9.17, 15) is 4.39 Å². The van der Waals surface area contributed by atoms with Crippen LogP contribution in [0.4, 0.5) is 10.2 Å². The third kappa shape index (κ3) is 2.24. The quantitative estimate of drug-likeness (QED) is 0.876. The predicted molar refractivity (Wildman–Crippen MR) is 64.3 cm³/mol. The monoisotopic (exact) mass is 292 g/mol. The molecule has 0 atom stereocenters. The zero-order valence-electron chi connectivity index (χ0n) is 8.48. The van der Waals surface area contributed by atoms with E-state index in [0.717, 1.165) is 0 Å². The first-order chi connectivity index (χ1) is 8.11. The molecule has 0 aliphatic heterocycles. The minimum Gasteiger partial charge on any atom is -0.382 e. The van der Waals surface area contributed by atoms with Gasteiger partial charge < -0.3 is 5.73 Å². The van der Waals surface area contributed by atoms with E-state index in [1.165, 1.54) is 18.3 Å². The van der Waals surface area contributed by atoms with E-state index in [1.807, 2.05) is 6.07 Å². The first kappa shape index (κ1) is 11.5. The van der Waals surface area contributed by atoms with Crippen LogP contribution >= 0.6 is 15.9 Å². The maximum atomic E-state index is 13.7. The van der Waals surface area contributed by atoms with Crippen LogP contribution in [0, 0.1) is 17.1 Å². The zero-order valence-corrected chi connectivity index (χ0v) is 10.1. The van der Waals surface area contributed by atoms with Gasteiger partial charge in [-0.15, -0.1) is 0 Å². The van der Waals surface area contributed by atoms with Crippen LogP contribution in [0.5, 0.6) is 0 Å². The summed E-state index contributed by atoms with van der Waals surface area (Å²) in [6, 6.07) is 6.34. The maximum Gasteiger partial charge on any atom is 0.169 e. The number of hydrogen-bond donors (Lipinski definition) is 1. The molecule has 0 saturated carbocycles. The molecule has 0 unspecified atom stereocenters. The fourth-order valence-corrected chi connectivity index (χ4v) is 1.69. The summed E-state index contributed by atoms with van der Waals surface area (Å²) in [6.45, 7) is 0. The van der Waals surface area contributed by atoms with Crippen molar-refractivity contribution in [3.05, 3.63) is 40.4 Å². The van der Waals surface area contributed by atoms with Gasteiger partial charge in [-0.2, -0.15) is 5.26 Å². The van der Waals surface area contributed by atoms with Crippen LogP contribution in [-0.2, 0) is 0 Å². The van der Waals surface area contributed by atoms with Crippen molar-refractivity contribution < 1.29 is 4.39 Å². The summed E-state index contributed by atoms with van der Waals surface area (Å²) in [7, 11) is 0. The number of nitrogens with two attached hydrogens (primary N) is 1. The van der Waals surface area contributed by atoms with Gasteiger partial charge in [-0.3, -0.25) is 0 Å². The topological polar surface area (TPSA) is 75.6 Å². The van der Waals surface area contributed by atoms with E-state index in [2.05, 4.69) is 25.9 Å². The van der Waals surface area contributed by atoms with Crippen molar-refractivity contribution in [1.82, 2.24) is 9.97 Å². The lowest BCUT2D eigenvalue weighted by molar-refractivity contribution is 0.629. The molecule has 2 rings (SSSR count). The fraction of sp³-hybridized carbons (Fsp3) is 0. The first-order valence-electron chi connectivity index (χ1n) is 4.60. The highest BCUT2D eigenvalue weighted by atomic mass is 79.9. The highest BCUT2D eigenvalue weighted by molar-refractivity contribution is 9.10. The molecule has 1 aromatic carbocycles. The van der Waals surface area contributed by atoms with Crippen LogP contribution < -0.4 is 5.73 Å². The lowest BCUT2D eigenvalue weighted by Gasteiger charge is -2.05. The number of anilines is 1. The van der Waals surface area contributed by atoms with Crippen LogP contribution in [-0.4, -0.2) is 9.97 Å². The summed E-state index contributed by atoms with van der Waals surface area (Å²) in [5.74, 6) is -0.349. The Balaban J connectivity index is 2.65. The molecule has 0 aliphatic carbocycles. The van der Waals surface area contributed by atoms with Crippen molar-refractivity contribution in [3.8, 4) is 17.3 Å². The molecule has 2 aromatic rings. The number of hydrogen-bond acceptors (Lipinski definition) is 4. The third-order valence-corrected chi connectivity index (χ3v) is 2.58. The minimum absolute atomic E-state index is 0.00576. The number of rotatable bonds is 1. The Labute approximate surface area is 105 Å². The Morgan fingerprint density at radius 2 is 2.18 bits per heavy atom. The van der Waals surface area contributed by atoms with Gasteiger partial charge in [-0.25, -0.2) is 14.4 Å². The van der Waals surface area contributed by atoms with Gasteiger partial charge >= 0.3 is 0 Å². The first-order valence-corrected chi connectivity index (χ1v) is 5.39. The highest BCUT2D eigenvalue weighted by Gasteiger charge is 2.13. The number of nitrogens with zero attached hydrogens (tertiary/aromatic N) is 3. The SMILES string of the molecule is N#Cc1nc(N)cnc1-c1ccc(Br)cc1F. The van der Waals surface area contributed by atoms with Crippen molar-refractivity contribution in [2.24, 2.45) is 0 Å². The molecule has 0 saturated heterocycles. The smallest absolute Gasteiger partial charge is 0.169 e. The summed E-state index contributed by atoms with van der Waals surface area (Å²) in [4.78, 5) is 7.75. The summed E-state index contributed by atoms with van der Waals surface area (Å²) in [6.07, 6.45) is 1.29. The lowest BCUT2D eigenvalue weighted by Crippen LogP contribution is -1.99. The second-order valence-corrected chi connectivity index (χ2v) is 4.14. The van der Waals surface area contributed by atoms with Gasteiger partial charge in [0.2, 0.25) is 0 Å². The maximum absolute atomic E-state index is 13.7. The Morgan fingerprint density at radius 1 is 1.41 bits per heavy atom. The molecule has 2 N–H and O–H groups in total. The van der Waals surface area contributed by atoms with Gasteiger partial charge in [0.05, 0.1) is 6.20 Å². The Hall–Kier alpha value is -2.00. The van der Waals surface area contributed by atoms with E-state index in [-0.39, 0.29) is 22.8 Å². The molecule has 84 valence electrons. The van der Waals surface area contributed by atoms with Crippen LogP contribution in [0.3, 0.4) is 0 Å². The number of nitriles is 1. The molecule has 0 spiro atoms. The summed E-state index contributed by atoms with van der Waals surface area (Å²) in [5.41, 5.74) is 5.83. The molecule has 1 heterocycles. The molecule has 1 aromatic heterocycles. The van der Waals surface area contributed by atoms with Gasteiger partial charge in [-0.05, 0) is 18.2 Å². The average Bonchev–Trinajstić information content (AvgIpc) is 2.30. The van der Waals surface area contributed by atoms with Gasteiger partial charge in [0.25, 0.3) is 0 Å². The molecular formula is C11H6BrFN4. The van der Waals surface area contributed by atoms with E-state index in [4.69, 9.17) is 11.0 Å². The largest absolute Gasteiger partial charge is 0.382 e. The van der Waals surface area contributed by atoms with Gasteiger partial charge in [-0.1, -0.05) is 15.9 Å². The third-order valence-electron chi connectivity index (χ3n) is 2.08. The Kier molecular flexibility index (Phi) is 3.02. The molecule has 0 amide bonds. The number of nitrogen functional groups attached to an aromatic ring is 1. The van der Waals surface area contributed by atoms with E-state index in [0.29, 0.717) is 4.47 Å². The van der Waals surface area contributed by atoms with Gasteiger partial charge in [0, 0.05) is 10.0 Å². The van der Waals surface area contributed by atoms with Crippen molar-refractivity contribution in [2.45, 2.75) is 0 Å². The van der Waals surface area contributed by atoms with Crippen LogP contribution in [0.2, 0.25) is 0 Å². The molecule has 6 heteroatoms. The lowest BCUT2D eigenvalue weighted by atomic mass is 10.1. The van der Waals surface area contributed by atoms with Crippen molar-refractivity contribution in [3.63, 3.8) is 0 Å². The molecule has 0 fully saturated rings. The second-order valence-electron chi connectivity index (χ2n) is 3.23. The summed E-state index contributed by atoms with van der Waals surface area (Å²) >= 11 is 3.15.